The molecule has 4 aliphatic rings. The van der Waals surface area contributed by atoms with Crippen molar-refractivity contribution in [1.29, 1.82) is 0 Å². The first-order valence-electron chi connectivity index (χ1n) is 18.0. The van der Waals surface area contributed by atoms with Crippen LogP contribution in [0.1, 0.15) is 112 Å². The summed E-state index contributed by atoms with van der Waals surface area (Å²) in [4.78, 5) is 24.4. The van der Waals surface area contributed by atoms with Crippen LogP contribution < -0.4 is 4.74 Å². The Kier molecular flexibility index (Phi) is 8.80. The number of para-hydroxylation sites is 1. The summed E-state index contributed by atoms with van der Waals surface area (Å²) < 4.78 is 4.94. The summed E-state index contributed by atoms with van der Waals surface area (Å²) in [5.74, 6) is -0.550. The number of ether oxygens (including phenoxy) is 1. The minimum atomic E-state index is -0.641. The van der Waals surface area contributed by atoms with Crippen LogP contribution in [-0.2, 0) is 16.6 Å². The van der Waals surface area contributed by atoms with Gasteiger partial charge in [-0.05, 0) is 134 Å². The van der Waals surface area contributed by atoms with Crippen LogP contribution in [-0.4, -0.2) is 44.4 Å². The van der Waals surface area contributed by atoms with Gasteiger partial charge >= 0.3 is 5.97 Å². The van der Waals surface area contributed by atoms with Crippen molar-refractivity contribution in [2.24, 2.45) is 27.6 Å². The number of benzene rings is 3. The highest BCUT2D eigenvalue weighted by atomic mass is 16.5. The normalized spacial score (nSPS) is 32.1. The van der Waals surface area contributed by atoms with Crippen molar-refractivity contribution in [2.45, 2.75) is 98.3 Å². The van der Waals surface area contributed by atoms with Gasteiger partial charge in [-0.25, -0.2) is 0 Å². The van der Waals surface area contributed by atoms with E-state index in [2.05, 4.69) is 33.8 Å². The number of carboxylic acid groups (broad SMARTS) is 1. The van der Waals surface area contributed by atoms with Gasteiger partial charge in [0, 0.05) is 11.5 Å². The number of phenols is 4. The summed E-state index contributed by atoms with van der Waals surface area (Å²) in [5, 5.41) is 50.3. The van der Waals surface area contributed by atoms with Crippen molar-refractivity contribution in [3.8, 4) is 28.7 Å². The number of carbonyl (C=O) groups excluding carboxylic acids is 1. The van der Waals surface area contributed by atoms with Crippen molar-refractivity contribution in [3.63, 3.8) is 0 Å². The Bertz CT molecular complexity index is 1950. The third kappa shape index (κ3) is 5.48. The Balaban J connectivity index is 0.000000211. The number of hydrogen-bond donors (Lipinski definition) is 5. The number of hydrogen-bond acceptors (Lipinski definition) is 7. The first kappa shape index (κ1) is 36.3. The summed E-state index contributed by atoms with van der Waals surface area (Å²) >= 11 is 0. The fraction of sp³-hybridized carbons (Fsp3) is 0.488. The van der Waals surface area contributed by atoms with Gasteiger partial charge in [0.1, 0.15) is 17.2 Å². The lowest BCUT2D eigenvalue weighted by Gasteiger charge is -2.69. The van der Waals surface area contributed by atoms with E-state index in [1.807, 2.05) is 19.9 Å². The zero-order valence-corrected chi connectivity index (χ0v) is 30.9. The highest BCUT2D eigenvalue weighted by Crippen LogP contribution is 2.74. The van der Waals surface area contributed by atoms with E-state index in [0.29, 0.717) is 11.7 Å². The van der Waals surface area contributed by atoms with E-state index in [1.54, 1.807) is 18.2 Å². The van der Waals surface area contributed by atoms with Crippen LogP contribution in [0.15, 0.2) is 60.2 Å². The monoisotopic (exact) mass is 696 g/mol. The Morgan fingerprint density at radius 1 is 0.784 bits per heavy atom. The molecule has 0 aromatic heterocycles. The Morgan fingerprint density at radius 3 is 2.10 bits per heavy atom. The summed E-state index contributed by atoms with van der Waals surface area (Å²) in [6.45, 7) is 13.5. The number of phenolic OH excluding ortho intramolecular Hbond substituents is 4. The molecule has 8 heteroatoms. The first-order chi connectivity index (χ1) is 23.8. The number of aliphatic carboxylic acids is 1. The van der Waals surface area contributed by atoms with E-state index in [1.165, 1.54) is 42.5 Å². The predicted molar refractivity (Wildman–Crippen MR) is 196 cm³/mol. The molecule has 3 fully saturated rings. The van der Waals surface area contributed by atoms with Gasteiger partial charge in [0.2, 0.25) is 0 Å². The second-order valence-electron chi connectivity index (χ2n) is 16.8. The third-order valence-electron chi connectivity index (χ3n) is 14.2. The van der Waals surface area contributed by atoms with Crippen molar-refractivity contribution < 1.29 is 39.9 Å². The quantitative estimate of drug-likeness (QED) is 0.103. The summed E-state index contributed by atoms with van der Waals surface area (Å²) in [5.41, 5.74) is 4.28. The zero-order valence-electron chi connectivity index (χ0n) is 30.9. The van der Waals surface area contributed by atoms with Gasteiger partial charge in [-0.2, -0.15) is 0 Å². The number of methoxy groups -OCH3 is 1. The van der Waals surface area contributed by atoms with Crippen molar-refractivity contribution in [2.75, 3.05) is 7.11 Å². The topological polar surface area (TPSA) is 145 Å². The van der Waals surface area contributed by atoms with Crippen LogP contribution in [0.5, 0.6) is 28.7 Å². The largest absolute Gasteiger partial charge is 0.507 e. The molecule has 6 unspecified atom stereocenters. The van der Waals surface area contributed by atoms with Crippen LogP contribution in [0, 0.1) is 34.5 Å². The number of allylic oxidation sites excluding steroid dienone is 2. The lowest BCUT2D eigenvalue weighted by molar-refractivity contribution is -0.177. The molecule has 0 spiro atoms. The van der Waals surface area contributed by atoms with Crippen LogP contribution in [0.2, 0.25) is 0 Å². The van der Waals surface area contributed by atoms with Crippen LogP contribution in [0.4, 0.5) is 0 Å². The Labute approximate surface area is 300 Å². The number of ketones is 1. The van der Waals surface area contributed by atoms with Gasteiger partial charge in [0.15, 0.2) is 17.3 Å². The van der Waals surface area contributed by atoms with Gasteiger partial charge in [-0.15, -0.1) is 0 Å². The van der Waals surface area contributed by atoms with E-state index in [-0.39, 0.29) is 55.8 Å². The minimum Gasteiger partial charge on any atom is -0.507 e. The molecule has 0 radical (unpaired) electrons. The third-order valence-corrected chi connectivity index (χ3v) is 14.2. The average Bonchev–Trinajstić information content (AvgIpc) is 3.09. The van der Waals surface area contributed by atoms with Crippen molar-refractivity contribution >= 4 is 11.8 Å². The van der Waals surface area contributed by atoms with E-state index >= 15 is 0 Å². The predicted octanol–water partition coefficient (Wildman–Crippen LogP) is 8.98. The molecule has 5 N–H and O–H groups in total. The molecule has 7 rings (SSSR count). The van der Waals surface area contributed by atoms with Gasteiger partial charge in [-0.3, -0.25) is 9.59 Å². The molecule has 0 saturated heterocycles. The second kappa shape index (κ2) is 12.3. The fourth-order valence-corrected chi connectivity index (χ4v) is 10.5. The van der Waals surface area contributed by atoms with Gasteiger partial charge < -0.3 is 30.3 Å². The molecule has 3 aromatic carbocycles. The molecule has 51 heavy (non-hydrogen) atoms. The number of fused-ring (bicyclic) bond motifs is 7. The van der Waals surface area contributed by atoms with Crippen molar-refractivity contribution in [1.82, 2.24) is 0 Å². The Morgan fingerprint density at radius 2 is 1.45 bits per heavy atom. The molecule has 0 aliphatic heterocycles. The van der Waals surface area contributed by atoms with Crippen LogP contribution in [0.25, 0.3) is 0 Å². The van der Waals surface area contributed by atoms with E-state index in [0.717, 1.165) is 62.5 Å². The second-order valence-corrected chi connectivity index (χ2v) is 16.8. The molecule has 0 amide bonds. The smallest absolute Gasteiger partial charge is 0.309 e. The number of carboxylic acids is 1. The summed E-state index contributed by atoms with van der Waals surface area (Å²) in [6, 6.07) is 12.4. The zero-order chi connectivity index (χ0) is 37.3. The van der Waals surface area contributed by atoms with Gasteiger partial charge in [-0.1, -0.05) is 51.5 Å². The lowest BCUT2D eigenvalue weighted by atomic mass is 9.34. The maximum Gasteiger partial charge on any atom is 0.309 e. The Hall–Kier alpha value is -4.46. The molecular formula is C43H52O8. The van der Waals surface area contributed by atoms with E-state index < -0.39 is 17.2 Å². The van der Waals surface area contributed by atoms with Crippen LogP contribution in [0.3, 0.4) is 0 Å². The lowest BCUT2D eigenvalue weighted by Crippen LogP contribution is -2.62. The average molecular weight is 697 g/mol. The minimum absolute atomic E-state index is 0.00431. The molecule has 3 aromatic rings. The summed E-state index contributed by atoms with van der Waals surface area (Å²) in [7, 11) is 1.47. The maximum atomic E-state index is 12.3. The maximum absolute atomic E-state index is 12.3. The molecule has 4 aliphatic carbocycles. The molecule has 3 saturated carbocycles. The van der Waals surface area contributed by atoms with E-state index in [4.69, 9.17) is 4.74 Å². The highest BCUT2D eigenvalue weighted by Gasteiger charge is 2.67. The molecule has 272 valence electrons. The highest BCUT2D eigenvalue weighted by molar-refractivity contribution is 6.12. The van der Waals surface area contributed by atoms with E-state index in [9.17, 15) is 35.1 Å². The number of aromatic hydroxyl groups is 4. The number of rotatable bonds is 4. The van der Waals surface area contributed by atoms with Crippen molar-refractivity contribution in [3.05, 3.63) is 88.0 Å². The molecule has 6 atom stereocenters. The standard InChI is InChI=1S/C29H40O4.C14H12O4/c1-17-18-7-8-21-27(4,19(18)15-20(30)23(17)31)12-14-29(6)22-16-26(3,24(32)33)10-9-25(22,2)11-13-28(21,29)5;1-18-9-6-7-11(13(16)8-9)14(17)10-4-2-3-5-12(10)15/h8,15,22,30-31H,7,9-14,16H2,1-6H3,(H,32,33);2-8,15-16H,1H3. The summed E-state index contributed by atoms with van der Waals surface area (Å²) in [6.07, 6.45) is 10.0. The van der Waals surface area contributed by atoms with Gasteiger partial charge in [0.25, 0.3) is 0 Å². The SMILES string of the molecule is COc1ccc(C(=O)c2ccccc2O)c(O)c1.Cc1c(O)c(O)cc2c1CC=C1C2(C)CCC2(C)C3CC(C)(C(=O)O)CCC3(C)CCC12C. The van der Waals surface area contributed by atoms with Gasteiger partial charge in [0.05, 0.1) is 23.7 Å². The first-order valence-corrected chi connectivity index (χ1v) is 18.0. The fourth-order valence-electron chi connectivity index (χ4n) is 10.5. The van der Waals surface area contributed by atoms with Crippen LogP contribution >= 0.6 is 0 Å². The molecule has 0 bridgehead atoms. The number of carbonyl (C=O) groups is 2. The molecular weight excluding hydrogens is 644 g/mol. The molecule has 8 nitrogen and oxygen atoms in total. The molecule has 0 heterocycles.